The summed E-state index contributed by atoms with van der Waals surface area (Å²) in [6.07, 6.45) is 12.7. The molecule has 0 spiro atoms. The third kappa shape index (κ3) is 1.63. The normalized spacial score (nSPS) is 56.9. The molecule has 0 aromatic heterocycles. The van der Waals surface area contributed by atoms with Gasteiger partial charge in [0, 0.05) is 10.8 Å². The fraction of sp³-hybridized carbons (Fsp3) is 0.789. The summed E-state index contributed by atoms with van der Waals surface area (Å²) in [5.74, 6) is 1.52. The molecular weight excluding hydrogens is 274 g/mol. The SMILES string of the molecule is C[C@]12CC=C3[C@@H](CCC4CCC=C[C@]34C)[C@@H]1CC(O)C2(N)O. The minimum atomic E-state index is -1.46. The maximum Gasteiger partial charge on any atom is 0.145 e. The second-order valence-electron chi connectivity index (χ2n) is 8.61. The first-order valence-corrected chi connectivity index (χ1v) is 8.88. The number of hydrogen-bond acceptors (Lipinski definition) is 3. The molecule has 0 saturated heterocycles. The summed E-state index contributed by atoms with van der Waals surface area (Å²) in [5.41, 5.74) is 6.05. The predicted octanol–water partition coefficient (Wildman–Crippen LogP) is 2.73. The van der Waals surface area contributed by atoms with Crippen LogP contribution in [-0.4, -0.2) is 22.0 Å². The smallest absolute Gasteiger partial charge is 0.145 e. The molecule has 0 aromatic rings. The second kappa shape index (κ2) is 4.46. The number of aliphatic hydroxyl groups is 2. The zero-order valence-corrected chi connectivity index (χ0v) is 13.8. The van der Waals surface area contributed by atoms with Gasteiger partial charge in [-0.25, -0.2) is 0 Å². The average Bonchev–Trinajstić information content (AvgIpc) is 2.66. The maximum absolute atomic E-state index is 10.7. The van der Waals surface area contributed by atoms with Crippen LogP contribution in [-0.2, 0) is 0 Å². The summed E-state index contributed by atoms with van der Waals surface area (Å²) in [4.78, 5) is 0. The Kier molecular flexibility index (Phi) is 3.03. The zero-order valence-electron chi connectivity index (χ0n) is 13.8. The van der Waals surface area contributed by atoms with E-state index in [-0.39, 0.29) is 5.41 Å². The summed E-state index contributed by atoms with van der Waals surface area (Å²) in [7, 11) is 0. The minimum absolute atomic E-state index is 0.183. The Morgan fingerprint density at radius 1 is 1.23 bits per heavy atom. The van der Waals surface area contributed by atoms with E-state index in [9.17, 15) is 10.2 Å². The topological polar surface area (TPSA) is 66.5 Å². The van der Waals surface area contributed by atoms with E-state index in [0.717, 1.165) is 12.3 Å². The van der Waals surface area contributed by atoms with Crippen molar-refractivity contribution in [3.63, 3.8) is 0 Å². The van der Waals surface area contributed by atoms with Crippen molar-refractivity contribution < 1.29 is 10.2 Å². The molecule has 0 aromatic carbocycles. The first-order valence-electron chi connectivity index (χ1n) is 8.88. The van der Waals surface area contributed by atoms with E-state index in [1.165, 1.54) is 25.7 Å². The Bertz CT molecular complexity index is 552. The second-order valence-corrected chi connectivity index (χ2v) is 8.61. The van der Waals surface area contributed by atoms with Gasteiger partial charge in [-0.2, -0.15) is 0 Å². The lowest BCUT2D eigenvalue weighted by atomic mass is 9.50. The van der Waals surface area contributed by atoms with E-state index in [4.69, 9.17) is 5.73 Å². The summed E-state index contributed by atoms with van der Waals surface area (Å²) >= 11 is 0. The zero-order chi connectivity index (χ0) is 15.8. The summed E-state index contributed by atoms with van der Waals surface area (Å²) < 4.78 is 0. The molecule has 0 radical (unpaired) electrons. The van der Waals surface area contributed by atoms with Gasteiger partial charge in [0.25, 0.3) is 0 Å². The number of rotatable bonds is 0. The monoisotopic (exact) mass is 303 g/mol. The fourth-order valence-corrected chi connectivity index (χ4v) is 6.17. The standard InChI is InChI=1S/C19H29NO2/c1-17-9-4-3-5-12(17)6-7-13-14(17)8-10-18(2)15(13)11-16(21)19(18,20)22/h4,8-9,12-13,15-16,21-22H,3,5-7,10-11,20H2,1-2H3/t12?,13-,15+,16?,17+,18+,19?/m1/s1. The van der Waals surface area contributed by atoms with Gasteiger partial charge < -0.3 is 15.9 Å². The highest BCUT2D eigenvalue weighted by molar-refractivity contribution is 5.34. The molecule has 4 rings (SSSR count). The first kappa shape index (κ1) is 14.9. The van der Waals surface area contributed by atoms with Gasteiger partial charge in [-0.1, -0.05) is 37.6 Å². The molecule has 3 nitrogen and oxygen atoms in total. The van der Waals surface area contributed by atoms with Crippen molar-refractivity contribution in [3.8, 4) is 0 Å². The molecule has 0 heterocycles. The van der Waals surface area contributed by atoms with E-state index >= 15 is 0 Å². The predicted molar refractivity (Wildman–Crippen MR) is 86.8 cm³/mol. The van der Waals surface area contributed by atoms with Gasteiger partial charge in [-0.15, -0.1) is 0 Å². The van der Waals surface area contributed by atoms with Crippen molar-refractivity contribution in [1.82, 2.24) is 0 Å². The Balaban J connectivity index is 1.77. The van der Waals surface area contributed by atoms with Gasteiger partial charge in [-0.3, -0.25) is 0 Å². The van der Waals surface area contributed by atoms with E-state index in [2.05, 4.69) is 32.1 Å². The quantitative estimate of drug-likeness (QED) is 0.476. The average molecular weight is 303 g/mol. The van der Waals surface area contributed by atoms with Crippen molar-refractivity contribution >= 4 is 0 Å². The van der Waals surface area contributed by atoms with Crippen LogP contribution in [0.15, 0.2) is 23.8 Å². The number of fused-ring (bicyclic) bond motifs is 5. The largest absolute Gasteiger partial charge is 0.389 e. The first-order chi connectivity index (χ1) is 10.3. The number of aliphatic hydroxyl groups excluding tert-OH is 1. The van der Waals surface area contributed by atoms with Crippen LogP contribution in [0.1, 0.15) is 52.4 Å². The van der Waals surface area contributed by atoms with Gasteiger partial charge >= 0.3 is 0 Å². The Labute approximate surface area is 133 Å². The highest BCUT2D eigenvalue weighted by atomic mass is 16.4. The summed E-state index contributed by atoms with van der Waals surface area (Å²) in [5, 5.41) is 21.0. The van der Waals surface area contributed by atoms with Crippen molar-refractivity contribution in [2.45, 2.75) is 64.2 Å². The third-order valence-corrected chi connectivity index (χ3v) is 7.79. The van der Waals surface area contributed by atoms with Crippen LogP contribution in [0.4, 0.5) is 0 Å². The van der Waals surface area contributed by atoms with Crippen molar-refractivity contribution in [1.29, 1.82) is 0 Å². The molecular formula is C19H29NO2. The van der Waals surface area contributed by atoms with Crippen LogP contribution in [0, 0.1) is 28.6 Å². The highest BCUT2D eigenvalue weighted by Gasteiger charge is 2.64. The maximum atomic E-state index is 10.7. The van der Waals surface area contributed by atoms with Gasteiger partial charge in [0.1, 0.15) is 5.72 Å². The number of nitrogens with two attached hydrogens (primary N) is 1. The van der Waals surface area contributed by atoms with Crippen LogP contribution in [0.25, 0.3) is 0 Å². The Morgan fingerprint density at radius 2 is 2.00 bits per heavy atom. The molecule has 0 aliphatic heterocycles. The summed E-state index contributed by atoms with van der Waals surface area (Å²) in [6, 6.07) is 0. The van der Waals surface area contributed by atoms with Crippen LogP contribution in [0.2, 0.25) is 0 Å². The fourth-order valence-electron chi connectivity index (χ4n) is 6.17. The highest BCUT2D eigenvalue weighted by Crippen LogP contribution is 2.64. The Morgan fingerprint density at radius 3 is 2.77 bits per heavy atom. The van der Waals surface area contributed by atoms with Crippen LogP contribution >= 0.6 is 0 Å². The molecule has 3 unspecified atom stereocenters. The lowest BCUT2D eigenvalue weighted by molar-refractivity contribution is -0.125. The van der Waals surface area contributed by atoms with Gasteiger partial charge in [0.05, 0.1) is 6.10 Å². The van der Waals surface area contributed by atoms with E-state index in [1.54, 1.807) is 5.57 Å². The minimum Gasteiger partial charge on any atom is -0.389 e. The van der Waals surface area contributed by atoms with E-state index < -0.39 is 17.2 Å². The molecule has 22 heavy (non-hydrogen) atoms. The molecule has 0 amide bonds. The van der Waals surface area contributed by atoms with E-state index in [1.807, 2.05) is 0 Å². The van der Waals surface area contributed by atoms with Crippen molar-refractivity contribution in [2.24, 2.45) is 34.3 Å². The van der Waals surface area contributed by atoms with Crippen LogP contribution in [0.3, 0.4) is 0 Å². The molecule has 7 atom stereocenters. The van der Waals surface area contributed by atoms with Gasteiger partial charge in [-0.05, 0) is 56.3 Å². The molecule has 4 aliphatic carbocycles. The molecule has 3 heteroatoms. The summed E-state index contributed by atoms with van der Waals surface area (Å²) in [6.45, 7) is 4.47. The van der Waals surface area contributed by atoms with Crippen molar-refractivity contribution in [2.75, 3.05) is 0 Å². The lowest BCUT2D eigenvalue weighted by Gasteiger charge is -2.55. The Hall–Kier alpha value is -0.640. The lowest BCUT2D eigenvalue weighted by Crippen LogP contribution is -2.60. The molecule has 2 saturated carbocycles. The van der Waals surface area contributed by atoms with E-state index in [0.29, 0.717) is 18.3 Å². The molecule has 4 aliphatic rings. The van der Waals surface area contributed by atoms with Crippen molar-refractivity contribution in [3.05, 3.63) is 23.8 Å². The molecule has 0 bridgehead atoms. The number of hydrogen-bond donors (Lipinski definition) is 3. The number of allylic oxidation sites excluding steroid dienone is 4. The molecule has 2 fully saturated rings. The molecule has 122 valence electrons. The van der Waals surface area contributed by atoms with Crippen LogP contribution < -0.4 is 5.73 Å². The van der Waals surface area contributed by atoms with Gasteiger partial charge in [0.15, 0.2) is 0 Å². The van der Waals surface area contributed by atoms with Gasteiger partial charge in [0.2, 0.25) is 0 Å². The van der Waals surface area contributed by atoms with Crippen LogP contribution in [0.5, 0.6) is 0 Å². The molecule has 4 N–H and O–H groups in total. The third-order valence-electron chi connectivity index (χ3n) is 7.79.